The van der Waals surface area contributed by atoms with Gasteiger partial charge < -0.3 is 15.0 Å². The molecular formula is C20H27N5O3. The van der Waals surface area contributed by atoms with Crippen molar-refractivity contribution < 1.29 is 9.53 Å². The molecule has 0 bridgehead atoms. The van der Waals surface area contributed by atoms with Crippen molar-refractivity contribution in [3.05, 3.63) is 46.6 Å². The molecule has 1 saturated heterocycles. The highest BCUT2D eigenvalue weighted by atomic mass is 16.5. The molecule has 28 heavy (non-hydrogen) atoms. The number of hydrogen-bond acceptors (Lipinski definition) is 4. The second-order valence-corrected chi connectivity index (χ2v) is 7.52. The highest BCUT2D eigenvalue weighted by molar-refractivity contribution is 5.74. The number of urea groups is 1. The molecule has 2 fully saturated rings. The molecule has 0 unspecified atom stereocenters. The van der Waals surface area contributed by atoms with Crippen LogP contribution in [0.5, 0.6) is 5.75 Å². The van der Waals surface area contributed by atoms with Gasteiger partial charge in [-0.2, -0.15) is 5.10 Å². The molecule has 1 aromatic heterocycles. The fraction of sp³-hybridized carbons (Fsp3) is 0.550. The van der Waals surface area contributed by atoms with E-state index in [0.717, 1.165) is 37.3 Å². The Morgan fingerprint density at radius 1 is 1.18 bits per heavy atom. The van der Waals surface area contributed by atoms with Gasteiger partial charge in [0.2, 0.25) is 0 Å². The maximum atomic E-state index is 12.4. The van der Waals surface area contributed by atoms with Gasteiger partial charge in [0.25, 0.3) is 0 Å². The smallest absolute Gasteiger partial charge is 0.345 e. The molecule has 8 nitrogen and oxygen atoms in total. The number of rotatable bonds is 6. The van der Waals surface area contributed by atoms with Crippen molar-refractivity contribution in [3.8, 4) is 5.75 Å². The first kappa shape index (κ1) is 18.6. The number of aryl methyl sites for hydroxylation is 1. The molecule has 1 aliphatic carbocycles. The summed E-state index contributed by atoms with van der Waals surface area (Å²) in [5, 5.41) is 7.40. The van der Waals surface area contributed by atoms with Crippen LogP contribution in [0.3, 0.4) is 0 Å². The maximum absolute atomic E-state index is 12.4. The number of carbonyl (C=O) groups is 1. The van der Waals surface area contributed by atoms with Crippen LogP contribution in [0.25, 0.3) is 0 Å². The Labute approximate surface area is 164 Å². The monoisotopic (exact) mass is 385 g/mol. The number of likely N-dealkylation sites (tertiary alicyclic amines) is 1. The highest BCUT2D eigenvalue weighted by Crippen LogP contribution is 2.37. The van der Waals surface area contributed by atoms with Crippen molar-refractivity contribution in [2.75, 3.05) is 26.2 Å². The van der Waals surface area contributed by atoms with E-state index in [0.29, 0.717) is 32.3 Å². The third kappa shape index (κ3) is 4.05. The van der Waals surface area contributed by atoms with E-state index in [4.69, 9.17) is 4.74 Å². The number of nitrogens with zero attached hydrogens (tertiary/aromatic N) is 4. The lowest BCUT2D eigenvalue weighted by atomic mass is 9.96. The van der Waals surface area contributed by atoms with E-state index in [2.05, 4.69) is 10.4 Å². The number of piperidine rings is 1. The number of aromatic nitrogens is 3. The molecule has 1 aliphatic heterocycles. The Hall–Kier alpha value is -2.77. The SMILES string of the molecule is Cn1nc(C2CCN(C(=O)NCCOc3ccccc3)CC2)n(C2CC2)c1=O. The zero-order valence-electron chi connectivity index (χ0n) is 16.2. The molecular weight excluding hydrogens is 358 g/mol. The minimum absolute atomic E-state index is 0.0175. The second-order valence-electron chi connectivity index (χ2n) is 7.52. The van der Waals surface area contributed by atoms with Crippen LogP contribution in [0.1, 0.15) is 43.5 Å². The number of amides is 2. The molecule has 1 N–H and O–H groups in total. The van der Waals surface area contributed by atoms with Crippen LogP contribution < -0.4 is 15.7 Å². The topological polar surface area (TPSA) is 81.4 Å². The van der Waals surface area contributed by atoms with Gasteiger partial charge in [-0.25, -0.2) is 14.3 Å². The summed E-state index contributed by atoms with van der Waals surface area (Å²) in [5.74, 6) is 1.93. The van der Waals surface area contributed by atoms with Crippen LogP contribution in [-0.4, -0.2) is 51.5 Å². The molecule has 2 heterocycles. The Bertz CT molecular complexity index is 864. The molecule has 0 spiro atoms. The predicted octanol–water partition coefficient (Wildman–Crippen LogP) is 1.88. The van der Waals surface area contributed by atoms with Crippen LogP contribution in [-0.2, 0) is 7.05 Å². The molecule has 150 valence electrons. The summed E-state index contributed by atoms with van der Waals surface area (Å²) in [6.07, 6.45) is 3.78. The van der Waals surface area contributed by atoms with E-state index >= 15 is 0 Å². The van der Waals surface area contributed by atoms with Crippen molar-refractivity contribution in [2.45, 2.75) is 37.6 Å². The molecule has 2 aliphatic rings. The summed E-state index contributed by atoms with van der Waals surface area (Å²) >= 11 is 0. The standard InChI is InChI=1S/C20H27N5O3/c1-23-20(27)25(16-7-8-16)18(22-23)15-9-12-24(13-10-15)19(26)21-11-14-28-17-5-3-2-4-6-17/h2-6,15-16H,7-14H2,1H3,(H,21,26). The van der Waals surface area contributed by atoms with Crippen molar-refractivity contribution in [1.82, 2.24) is 24.6 Å². The summed E-state index contributed by atoms with van der Waals surface area (Å²) in [4.78, 5) is 26.5. The molecule has 8 heteroatoms. The molecule has 2 amide bonds. The maximum Gasteiger partial charge on any atom is 0.345 e. The van der Waals surface area contributed by atoms with Gasteiger partial charge in [-0.1, -0.05) is 18.2 Å². The van der Waals surface area contributed by atoms with Gasteiger partial charge >= 0.3 is 11.7 Å². The second kappa shape index (κ2) is 8.08. The van der Waals surface area contributed by atoms with E-state index in [1.807, 2.05) is 39.8 Å². The number of hydrogen-bond donors (Lipinski definition) is 1. The third-order valence-electron chi connectivity index (χ3n) is 5.43. The average Bonchev–Trinajstić information content (AvgIpc) is 3.52. The Balaban J connectivity index is 1.24. The number of nitrogens with one attached hydrogen (secondary N) is 1. The van der Waals surface area contributed by atoms with Crippen molar-refractivity contribution >= 4 is 6.03 Å². The lowest BCUT2D eigenvalue weighted by Gasteiger charge is -2.31. The zero-order chi connectivity index (χ0) is 19.5. The largest absolute Gasteiger partial charge is 0.492 e. The van der Waals surface area contributed by atoms with Crippen molar-refractivity contribution in [3.63, 3.8) is 0 Å². The van der Waals surface area contributed by atoms with E-state index in [-0.39, 0.29) is 17.6 Å². The number of ether oxygens (including phenoxy) is 1. The van der Waals surface area contributed by atoms with E-state index in [1.54, 1.807) is 7.05 Å². The van der Waals surface area contributed by atoms with Crippen molar-refractivity contribution in [2.24, 2.45) is 7.05 Å². The van der Waals surface area contributed by atoms with Gasteiger partial charge in [0.15, 0.2) is 0 Å². The lowest BCUT2D eigenvalue weighted by Crippen LogP contribution is -2.45. The first-order chi connectivity index (χ1) is 13.6. The van der Waals surface area contributed by atoms with Gasteiger partial charge in [0.05, 0.1) is 6.54 Å². The van der Waals surface area contributed by atoms with Gasteiger partial charge in [0, 0.05) is 32.1 Å². The summed E-state index contributed by atoms with van der Waals surface area (Å²) in [7, 11) is 1.71. The first-order valence-corrected chi connectivity index (χ1v) is 9.99. The summed E-state index contributed by atoms with van der Waals surface area (Å²) in [6.45, 7) is 2.25. The van der Waals surface area contributed by atoms with Crippen LogP contribution in [0.2, 0.25) is 0 Å². The summed E-state index contributed by atoms with van der Waals surface area (Å²) in [6, 6.07) is 9.83. The molecule has 1 aromatic carbocycles. The zero-order valence-corrected chi connectivity index (χ0v) is 16.2. The minimum atomic E-state index is -0.0595. The third-order valence-corrected chi connectivity index (χ3v) is 5.43. The van der Waals surface area contributed by atoms with E-state index in [9.17, 15) is 9.59 Å². The fourth-order valence-corrected chi connectivity index (χ4v) is 3.75. The number of para-hydroxylation sites is 1. The fourth-order valence-electron chi connectivity index (χ4n) is 3.75. The molecule has 0 atom stereocenters. The Morgan fingerprint density at radius 3 is 2.57 bits per heavy atom. The van der Waals surface area contributed by atoms with Gasteiger partial charge in [-0.3, -0.25) is 4.57 Å². The normalized spacial score (nSPS) is 17.5. The Kier molecular flexibility index (Phi) is 5.36. The minimum Gasteiger partial charge on any atom is -0.492 e. The van der Waals surface area contributed by atoms with Crippen molar-refractivity contribution in [1.29, 1.82) is 0 Å². The summed E-state index contributed by atoms with van der Waals surface area (Å²) in [5.41, 5.74) is -0.0175. The van der Waals surface area contributed by atoms with Crippen LogP contribution in [0, 0.1) is 0 Å². The molecule has 0 radical (unpaired) electrons. The molecule has 1 saturated carbocycles. The van der Waals surface area contributed by atoms with Gasteiger partial charge in [-0.05, 0) is 37.8 Å². The molecule has 4 rings (SSSR count). The molecule has 2 aromatic rings. The van der Waals surface area contributed by atoms with Crippen LogP contribution in [0.15, 0.2) is 35.1 Å². The first-order valence-electron chi connectivity index (χ1n) is 9.99. The predicted molar refractivity (Wildman–Crippen MR) is 105 cm³/mol. The van der Waals surface area contributed by atoms with E-state index in [1.165, 1.54) is 4.68 Å². The van der Waals surface area contributed by atoms with E-state index < -0.39 is 0 Å². The van der Waals surface area contributed by atoms with Gasteiger partial charge in [0.1, 0.15) is 18.2 Å². The quantitative estimate of drug-likeness (QED) is 0.770. The highest BCUT2D eigenvalue weighted by Gasteiger charge is 2.34. The lowest BCUT2D eigenvalue weighted by molar-refractivity contribution is 0.177. The number of benzene rings is 1. The number of carbonyl (C=O) groups excluding carboxylic acids is 1. The average molecular weight is 385 g/mol. The van der Waals surface area contributed by atoms with Crippen LogP contribution in [0.4, 0.5) is 4.79 Å². The summed E-state index contributed by atoms with van der Waals surface area (Å²) < 4.78 is 8.92. The van der Waals surface area contributed by atoms with Gasteiger partial charge in [-0.15, -0.1) is 0 Å². The van der Waals surface area contributed by atoms with Crippen LogP contribution >= 0.6 is 0 Å². The Morgan fingerprint density at radius 2 is 1.89 bits per heavy atom.